The largest absolute Gasteiger partial charge is 0.310 e. The number of nitrogens with zero attached hydrogens (tertiary/aromatic N) is 4. The van der Waals surface area contributed by atoms with Gasteiger partial charge >= 0.3 is 0 Å². The van der Waals surface area contributed by atoms with Gasteiger partial charge in [-0.3, -0.25) is 0 Å². The van der Waals surface area contributed by atoms with Crippen molar-refractivity contribution in [3.63, 3.8) is 0 Å². The quantitative estimate of drug-likeness (QED) is 0.135. The van der Waals surface area contributed by atoms with Crippen molar-refractivity contribution < 1.29 is 0 Å². The molecule has 2 aliphatic rings. The van der Waals surface area contributed by atoms with Crippen LogP contribution in [-0.2, 0) is 10.8 Å². The summed E-state index contributed by atoms with van der Waals surface area (Å²) in [6, 6.07) is 111. The van der Waals surface area contributed by atoms with Crippen LogP contribution >= 0.6 is 0 Å². The highest BCUT2D eigenvalue weighted by molar-refractivity contribution is 7.00. The number of fused-ring (bicyclic) bond motifs is 10. The molecule has 0 aliphatic carbocycles. The Morgan fingerprint density at radius 2 is 0.621 bits per heavy atom. The van der Waals surface area contributed by atoms with Gasteiger partial charge in [-0.05, 0) is 160 Å². The molecule has 0 saturated heterocycles. The van der Waals surface area contributed by atoms with E-state index in [0.717, 1.165) is 61.6 Å². The van der Waals surface area contributed by atoms with E-state index >= 15 is 0 Å². The molecule has 3 aromatic heterocycles. The average Bonchev–Trinajstić information content (AvgIpc) is 1.55. The second-order valence-electron chi connectivity index (χ2n) is 28.1. The molecule has 0 saturated carbocycles. The normalized spacial score (nSPS) is 12.5. The van der Waals surface area contributed by atoms with Crippen molar-refractivity contribution in [2.75, 3.05) is 0 Å². The standard InChI is InChI=1S/C90H67BN4/c1-89(2,3)69-41-37-58(38-42-69)64-47-73-83-71(60-29-17-9-18-30-60)45-66(56-25-13-7-14-26-56)51-79(83)94-81-53-68(78-55-77(62-33-21-11-22-34-62)92-88(93-78)63-35-23-12-24-36-63)54-82-85(81)91(75(49-64)86(73)94)76-50-65(59-39-43-70(44-40-59)90(4,5)6)48-74-84-72(61-31-19-10-20-32-61)46-67(57-27-15-8-16-28-57)52-80(84)95(82)87(74)76/h7-55H,1-6H3. The Morgan fingerprint density at radius 1 is 0.284 bits per heavy atom. The Hall–Kier alpha value is -11.4. The lowest BCUT2D eigenvalue weighted by Crippen LogP contribution is -2.59. The molecule has 0 bridgehead atoms. The van der Waals surface area contributed by atoms with Gasteiger partial charge < -0.3 is 9.13 Å². The molecule has 5 heteroatoms. The lowest BCUT2D eigenvalue weighted by Gasteiger charge is -2.35. The Bertz CT molecular complexity index is 5370. The van der Waals surface area contributed by atoms with Crippen LogP contribution in [0.2, 0.25) is 0 Å². The van der Waals surface area contributed by atoms with Crippen molar-refractivity contribution in [1.82, 2.24) is 19.1 Å². The zero-order chi connectivity index (χ0) is 63.8. The summed E-state index contributed by atoms with van der Waals surface area (Å²) in [6.45, 7) is 13.6. The highest BCUT2D eigenvalue weighted by Gasteiger charge is 2.43. The number of aromatic nitrogens is 4. The number of benzene rings is 13. The Morgan fingerprint density at radius 3 is 1.01 bits per heavy atom. The number of rotatable bonds is 9. The molecule has 2 aliphatic heterocycles. The fourth-order valence-electron chi connectivity index (χ4n) is 15.5. The summed E-state index contributed by atoms with van der Waals surface area (Å²) < 4.78 is 5.32. The van der Waals surface area contributed by atoms with Crippen LogP contribution in [0.1, 0.15) is 52.7 Å². The molecule has 0 fully saturated rings. The molecular weight excluding hydrogens is 1150 g/mol. The van der Waals surface area contributed by atoms with Gasteiger partial charge in [0.2, 0.25) is 0 Å². The van der Waals surface area contributed by atoms with Crippen molar-refractivity contribution >= 4 is 66.7 Å². The second-order valence-corrected chi connectivity index (χ2v) is 28.1. The van der Waals surface area contributed by atoms with Gasteiger partial charge in [0.25, 0.3) is 6.71 Å². The minimum absolute atomic E-state index is 0.00777. The third-order valence-electron chi connectivity index (χ3n) is 20.2. The Labute approximate surface area is 555 Å². The van der Waals surface area contributed by atoms with Crippen LogP contribution in [0.25, 0.3) is 156 Å². The molecule has 0 radical (unpaired) electrons. The fourth-order valence-corrected chi connectivity index (χ4v) is 15.5. The third-order valence-corrected chi connectivity index (χ3v) is 20.2. The summed E-state index contributed by atoms with van der Waals surface area (Å²) >= 11 is 0. The van der Waals surface area contributed by atoms with Gasteiger partial charge in [-0.15, -0.1) is 0 Å². The first-order valence-corrected chi connectivity index (χ1v) is 33.3. The van der Waals surface area contributed by atoms with Gasteiger partial charge in [-0.2, -0.15) is 0 Å². The zero-order valence-electron chi connectivity index (χ0n) is 54.2. The lowest BCUT2D eigenvalue weighted by molar-refractivity contribution is 0.590. The number of hydrogen-bond acceptors (Lipinski definition) is 2. The molecule has 0 spiro atoms. The summed E-state index contributed by atoms with van der Waals surface area (Å²) in [7, 11) is 0. The van der Waals surface area contributed by atoms with Gasteiger partial charge in [0.05, 0.1) is 22.4 Å². The van der Waals surface area contributed by atoms with Gasteiger partial charge in [0.15, 0.2) is 5.82 Å². The maximum absolute atomic E-state index is 5.67. The second kappa shape index (κ2) is 21.6. The van der Waals surface area contributed by atoms with Crippen LogP contribution in [0.5, 0.6) is 0 Å². The van der Waals surface area contributed by atoms with E-state index in [9.17, 15) is 0 Å². The SMILES string of the molecule is CC(C)(C)c1ccc(-c2cc3c4c(c2)c2c(-c5ccccc5)cc(-c5ccccc5)cc2n4-c2cc(-c4cc(-c5ccccc5)nc(-c5ccccc5)n4)cc4c2B3c2cc(-c3ccc(C(C)(C)C)cc3)cc3c5c(-c6ccccc6)cc(-c6ccccc6)cc5n-4c23)cc1. The predicted octanol–water partition coefficient (Wildman–Crippen LogP) is 21.4. The van der Waals surface area contributed by atoms with Crippen molar-refractivity contribution in [2.45, 2.75) is 52.4 Å². The van der Waals surface area contributed by atoms with E-state index < -0.39 is 0 Å². The Balaban J connectivity index is 1.05. The molecule has 18 rings (SSSR count). The smallest absolute Gasteiger partial charge is 0.252 e. The first-order valence-electron chi connectivity index (χ1n) is 33.3. The zero-order valence-corrected chi connectivity index (χ0v) is 54.2. The van der Waals surface area contributed by atoms with Crippen LogP contribution in [0, 0.1) is 0 Å². The Kier molecular flexibility index (Phi) is 12.8. The topological polar surface area (TPSA) is 35.6 Å². The van der Waals surface area contributed by atoms with Crippen LogP contribution in [-0.4, -0.2) is 25.8 Å². The van der Waals surface area contributed by atoms with Crippen molar-refractivity contribution in [3.05, 3.63) is 308 Å². The molecule has 450 valence electrons. The maximum Gasteiger partial charge on any atom is 0.252 e. The summed E-state index contributed by atoms with van der Waals surface area (Å²) in [5.74, 6) is 0.677. The molecule has 0 N–H and O–H groups in total. The molecule has 0 atom stereocenters. The van der Waals surface area contributed by atoms with Gasteiger partial charge in [0, 0.05) is 60.6 Å². The van der Waals surface area contributed by atoms with E-state index in [4.69, 9.17) is 9.97 Å². The van der Waals surface area contributed by atoms with E-state index in [1.807, 2.05) is 0 Å². The van der Waals surface area contributed by atoms with Gasteiger partial charge in [-0.25, -0.2) is 9.97 Å². The van der Waals surface area contributed by atoms with Crippen LogP contribution in [0.15, 0.2) is 297 Å². The minimum atomic E-state index is -0.219. The molecule has 0 unspecified atom stereocenters. The molecule has 5 heterocycles. The van der Waals surface area contributed by atoms with Crippen LogP contribution in [0.3, 0.4) is 0 Å². The summed E-state index contributed by atoms with van der Waals surface area (Å²) in [5, 5.41) is 4.89. The molecule has 13 aromatic carbocycles. The molecular formula is C90H67BN4. The van der Waals surface area contributed by atoms with E-state index in [1.54, 1.807) is 0 Å². The number of hydrogen-bond donors (Lipinski definition) is 0. The van der Waals surface area contributed by atoms with Gasteiger partial charge in [-0.1, -0.05) is 284 Å². The van der Waals surface area contributed by atoms with Crippen molar-refractivity contribution in [1.29, 1.82) is 0 Å². The summed E-state index contributed by atoms with van der Waals surface area (Å²) in [6.07, 6.45) is 0. The van der Waals surface area contributed by atoms with Crippen LogP contribution in [0.4, 0.5) is 0 Å². The van der Waals surface area contributed by atoms with Gasteiger partial charge in [0.1, 0.15) is 0 Å². The van der Waals surface area contributed by atoms with E-state index in [0.29, 0.717) is 5.82 Å². The summed E-state index contributed by atoms with van der Waals surface area (Å²) in [4.78, 5) is 11.0. The predicted molar refractivity (Wildman–Crippen MR) is 402 cm³/mol. The van der Waals surface area contributed by atoms with E-state index in [-0.39, 0.29) is 17.5 Å². The third kappa shape index (κ3) is 9.27. The minimum Gasteiger partial charge on any atom is -0.310 e. The van der Waals surface area contributed by atoms with E-state index in [2.05, 4.69) is 348 Å². The lowest BCUT2D eigenvalue weighted by atomic mass is 9.34. The fraction of sp³-hybridized carbons (Fsp3) is 0.0889. The molecule has 16 aromatic rings. The molecule has 95 heavy (non-hydrogen) atoms. The highest BCUT2D eigenvalue weighted by atomic mass is 15.0. The average molecular weight is 1220 g/mol. The first-order chi connectivity index (χ1) is 46.4. The molecule has 0 amide bonds. The summed E-state index contributed by atoms with van der Waals surface area (Å²) in [5.41, 5.74) is 32.3. The van der Waals surface area contributed by atoms with Crippen molar-refractivity contribution in [2.24, 2.45) is 0 Å². The highest BCUT2D eigenvalue weighted by Crippen LogP contribution is 2.49. The van der Waals surface area contributed by atoms with Crippen molar-refractivity contribution in [3.8, 4) is 112 Å². The molecule has 4 nitrogen and oxygen atoms in total. The van der Waals surface area contributed by atoms with Crippen LogP contribution < -0.4 is 16.4 Å². The monoisotopic (exact) mass is 1210 g/mol. The maximum atomic E-state index is 5.67. The first kappa shape index (κ1) is 56.4. The van der Waals surface area contributed by atoms with E-state index in [1.165, 1.54) is 116 Å².